The van der Waals surface area contributed by atoms with Crippen LogP contribution in [-0.2, 0) is 9.59 Å². The summed E-state index contributed by atoms with van der Waals surface area (Å²) in [5, 5.41) is 15.6. The molecule has 1 unspecified atom stereocenters. The Bertz CT molecular complexity index is 456. The number of likely N-dealkylation sites (tertiary alicyclic amines) is 1. The van der Waals surface area contributed by atoms with Crippen LogP contribution in [0.4, 0.5) is 0 Å². The molecule has 1 N–H and O–H groups in total. The van der Waals surface area contributed by atoms with Crippen molar-refractivity contribution in [2.75, 3.05) is 13.6 Å². The molecule has 19 heavy (non-hydrogen) atoms. The molecule has 3 rings (SSSR count). The average molecular weight is 265 g/mol. The van der Waals surface area contributed by atoms with E-state index in [-0.39, 0.29) is 17.9 Å². The molecule has 0 aromatic carbocycles. The van der Waals surface area contributed by atoms with Gasteiger partial charge in [-0.3, -0.25) is 9.59 Å². The maximum absolute atomic E-state index is 12.5. The maximum atomic E-state index is 12.5. The quantitative estimate of drug-likeness (QED) is 0.770. The van der Waals surface area contributed by atoms with Crippen LogP contribution in [-0.4, -0.2) is 57.8 Å². The van der Waals surface area contributed by atoms with Crippen LogP contribution in [0.2, 0.25) is 0 Å². The van der Waals surface area contributed by atoms with E-state index in [2.05, 4.69) is 5.10 Å². The SMILES string of the molecule is CN1N=C(C(=O)N2CCCC2C2(O)CC2)CCC1=O. The van der Waals surface area contributed by atoms with E-state index in [1.165, 1.54) is 5.01 Å². The van der Waals surface area contributed by atoms with Crippen molar-refractivity contribution in [2.24, 2.45) is 5.10 Å². The highest BCUT2D eigenvalue weighted by molar-refractivity contribution is 6.39. The minimum Gasteiger partial charge on any atom is -0.388 e. The van der Waals surface area contributed by atoms with Crippen molar-refractivity contribution in [3.8, 4) is 0 Å². The summed E-state index contributed by atoms with van der Waals surface area (Å²) in [6.45, 7) is 0.683. The number of rotatable bonds is 2. The van der Waals surface area contributed by atoms with Crippen molar-refractivity contribution in [2.45, 2.75) is 50.2 Å². The molecule has 0 aromatic heterocycles. The van der Waals surface area contributed by atoms with Crippen molar-refractivity contribution in [3.63, 3.8) is 0 Å². The van der Waals surface area contributed by atoms with Gasteiger partial charge in [0.05, 0.1) is 11.6 Å². The fourth-order valence-electron chi connectivity index (χ4n) is 3.02. The summed E-state index contributed by atoms with van der Waals surface area (Å²) < 4.78 is 0. The summed E-state index contributed by atoms with van der Waals surface area (Å²) in [6, 6.07) is -0.0642. The lowest BCUT2D eigenvalue weighted by Gasteiger charge is -2.30. The smallest absolute Gasteiger partial charge is 0.270 e. The van der Waals surface area contributed by atoms with Crippen LogP contribution in [0.3, 0.4) is 0 Å². The summed E-state index contributed by atoms with van der Waals surface area (Å²) >= 11 is 0. The Labute approximate surface area is 112 Å². The first-order valence-corrected chi connectivity index (χ1v) is 6.89. The molecule has 2 heterocycles. The molecule has 6 heteroatoms. The lowest BCUT2D eigenvalue weighted by atomic mass is 10.1. The number of carbonyl (C=O) groups is 2. The molecule has 2 fully saturated rings. The summed E-state index contributed by atoms with van der Waals surface area (Å²) in [5.41, 5.74) is -0.221. The van der Waals surface area contributed by atoms with E-state index in [9.17, 15) is 14.7 Å². The minimum atomic E-state index is -0.664. The second-order valence-corrected chi connectivity index (χ2v) is 5.72. The molecule has 3 aliphatic rings. The molecule has 1 saturated heterocycles. The van der Waals surface area contributed by atoms with Gasteiger partial charge in [0, 0.05) is 26.4 Å². The van der Waals surface area contributed by atoms with E-state index in [1.54, 1.807) is 11.9 Å². The molecule has 0 bridgehead atoms. The molecule has 0 spiro atoms. The second kappa shape index (κ2) is 4.30. The first kappa shape index (κ1) is 12.6. The predicted octanol–water partition coefficient (Wildman–Crippen LogP) is 0.110. The third-order valence-electron chi connectivity index (χ3n) is 4.35. The first-order chi connectivity index (χ1) is 9.01. The first-order valence-electron chi connectivity index (χ1n) is 6.89. The molecular weight excluding hydrogens is 246 g/mol. The van der Waals surface area contributed by atoms with Crippen molar-refractivity contribution in [1.82, 2.24) is 9.91 Å². The Kier molecular flexibility index (Phi) is 2.85. The molecule has 0 aromatic rings. The Balaban J connectivity index is 1.76. The summed E-state index contributed by atoms with van der Waals surface area (Å²) in [7, 11) is 1.57. The molecule has 0 radical (unpaired) electrons. The van der Waals surface area contributed by atoms with E-state index < -0.39 is 5.60 Å². The van der Waals surface area contributed by atoms with Gasteiger partial charge in [0.15, 0.2) is 0 Å². The minimum absolute atomic E-state index is 0.0599. The standard InChI is InChI=1S/C13H19N3O3/c1-15-11(17)5-4-9(14-15)12(18)16-8-2-3-10(16)13(19)6-7-13/h10,19H,2-8H2,1H3. The summed E-state index contributed by atoms with van der Waals surface area (Å²) in [5.74, 6) is -0.169. The average Bonchev–Trinajstić information content (AvgIpc) is 2.94. The highest BCUT2D eigenvalue weighted by Gasteiger charge is 2.53. The predicted molar refractivity (Wildman–Crippen MR) is 68.4 cm³/mol. The van der Waals surface area contributed by atoms with Gasteiger partial charge in [0.2, 0.25) is 5.91 Å². The van der Waals surface area contributed by atoms with E-state index >= 15 is 0 Å². The number of hydrogen-bond donors (Lipinski definition) is 1. The fraction of sp³-hybridized carbons (Fsp3) is 0.769. The zero-order valence-corrected chi connectivity index (χ0v) is 11.1. The van der Waals surface area contributed by atoms with Gasteiger partial charge in [0.25, 0.3) is 5.91 Å². The van der Waals surface area contributed by atoms with Crippen LogP contribution < -0.4 is 0 Å². The zero-order valence-electron chi connectivity index (χ0n) is 11.1. The van der Waals surface area contributed by atoms with Gasteiger partial charge < -0.3 is 10.0 Å². The fourth-order valence-corrected chi connectivity index (χ4v) is 3.02. The highest BCUT2D eigenvalue weighted by atomic mass is 16.3. The number of aliphatic hydroxyl groups is 1. The maximum Gasteiger partial charge on any atom is 0.270 e. The summed E-state index contributed by atoms with van der Waals surface area (Å²) in [4.78, 5) is 25.6. The van der Waals surface area contributed by atoms with E-state index in [4.69, 9.17) is 0 Å². The Morgan fingerprint density at radius 2 is 2.16 bits per heavy atom. The lowest BCUT2D eigenvalue weighted by Crippen LogP contribution is -2.48. The molecule has 2 aliphatic heterocycles. The third kappa shape index (κ3) is 2.14. The van der Waals surface area contributed by atoms with Crippen molar-refractivity contribution >= 4 is 17.5 Å². The third-order valence-corrected chi connectivity index (χ3v) is 4.35. The van der Waals surface area contributed by atoms with Crippen LogP contribution in [0.1, 0.15) is 38.5 Å². The molecule has 1 atom stereocenters. The van der Waals surface area contributed by atoms with Gasteiger partial charge in [-0.25, -0.2) is 5.01 Å². The number of carbonyl (C=O) groups excluding carboxylic acids is 2. The molecule has 104 valence electrons. The van der Waals surface area contributed by atoms with Crippen molar-refractivity contribution < 1.29 is 14.7 Å². The second-order valence-electron chi connectivity index (χ2n) is 5.72. The van der Waals surface area contributed by atoms with E-state index in [0.29, 0.717) is 25.1 Å². The van der Waals surface area contributed by atoms with Crippen molar-refractivity contribution in [1.29, 1.82) is 0 Å². The van der Waals surface area contributed by atoms with Gasteiger partial charge in [-0.2, -0.15) is 5.10 Å². The highest BCUT2D eigenvalue weighted by Crippen LogP contribution is 2.44. The Hall–Kier alpha value is -1.43. The van der Waals surface area contributed by atoms with Crippen LogP contribution in [0.25, 0.3) is 0 Å². The van der Waals surface area contributed by atoms with Gasteiger partial charge in [-0.1, -0.05) is 0 Å². The van der Waals surface area contributed by atoms with E-state index in [1.807, 2.05) is 0 Å². The molecule has 2 amide bonds. The largest absolute Gasteiger partial charge is 0.388 e. The topological polar surface area (TPSA) is 73.2 Å². The number of hydrazone groups is 1. The molecular formula is C13H19N3O3. The number of hydrogen-bond acceptors (Lipinski definition) is 4. The molecule has 1 aliphatic carbocycles. The van der Waals surface area contributed by atoms with E-state index in [0.717, 1.165) is 25.7 Å². The Morgan fingerprint density at radius 1 is 1.42 bits per heavy atom. The number of nitrogens with zero attached hydrogens (tertiary/aromatic N) is 3. The molecule has 1 saturated carbocycles. The van der Waals surface area contributed by atoms with Crippen LogP contribution >= 0.6 is 0 Å². The van der Waals surface area contributed by atoms with Gasteiger partial charge >= 0.3 is 0 Å². The summed E-state index contributed by atoms with van der Waals surface area (Å²) in [6.07, 6.45) is 4.11. The van der Waals surface area contributed by atoms with Gasteiger partial charge in [-0.05, 0) is 25.7 Å². The molecule has 6 nitrogen and oxygen atoms in total. The van der Waals surface area contributed by atoms with Crippen LogP contribution in [0, 0.1) is 0 Å². The monoisotopic (exact) mass is 265 g/mol. The van der Waals surface area contributed by atoms with Crippen LogP contribution in [0.15, 0.2) is 5.10 Å². The normalized spacial score (nSPS) is 29.5. The van der Waals surface area contributed by atoms with Crippen molar-refractivity contribution in [3.05, 3.63) is 0 Å². The van der Waals surface area contributed by atoms with Crippen LogP contribution in [0.5, 0.6) is 0 Å². The zero-order chi connectivity index (χ0) is 13.6. The lowest BCUT2D eigenvalue weighted by molar-refractivity contribution is -0.131. The van der Waals surface area contributed by atoms with Gasteiger partial charge in [0.1, 0.15) is 5.71 Å². The van der Waals surface area contributed by atoms with Gasteiger partial charge in [-0.15, -0.1) is 0 Å². The Morgan fingerprint density at radius 3 is 2.79 bits per heavy atom. The number of amides is 2.